The van der Waals surface area contributed by atoms with E-state index in [2.05, 4.69) is 16.0 Å². The van der Waals surface area contributed by atoms with E-state index >= 15 is 0 Å². The molecule has 1 fully saturated rings. The first kappa shape index (κ1) is 16.4. The van der Waals surface area contributed by atoms with Crippen LogP contribution in [0.25, 0.3) is 0 Å². The zero-order valence-electron chi connectivity index (χ0n) is 12.2. The number of hydrogen-bond donors (Lipinski definition) is 3. The average molecular weight is 284 g/mol. The summed E-state index contributed by atoms with van der Waals surface area (Å²) >= 11 is 0. The Bertz CT molecular complexity index is 352. The maximum atomic E-state index is 11.8. The van der Waals surface area contributed by atoms with Gasteiger partial charge in [-0.3, -0.25) is 19.8 Å². The van der Waals surface area contributed by atoms with Crippen LogP contribution in [0, 0.1) is 5.92 Å². The molecule has 4 amide bonds. The lowest BCUT2D eigenvalue weighted by molar-refractivity contribution is -0.126. The van der Waals surface area contributed by atoms with Gasteiger partial charge < -0.3 is 10.6 Å². The van der Waals surface area contributed by atoms with E-state index in [0.717, 1.165) is 19.3 Å². The molecule has 0 spiro atoms. The highest BCUT2D eigenvalue weighted by molar-refractivity contribution is 5.95. The summed E-state index contributed by atoms with van der Waals surface area (Å²) < 4.78 is 0. The summed E-state index contributed by atoms with van der Waals surface area (Å²) in [7, 11) is 1.46. The Morgan fingerprint density at radius 3 is 2.40 bits per heavy atom. The van der Waals surface area contributed by atoms with E-state index in [9.17, 15) is 14.4 Å². The average Bonchev–Trinajstić information content (AvgIpc) is 2.45. The number of nitrogens with one attached hydrogen (secondary N) is 3. The first-order chi connectivity index (χ1) is 9.56. The second-order valence-corrected chi connectivity index (χ2v) is 4.97. The van der Waals surface area contributed by atoms with Crippen LogP contribution in [-0.2, 0) is 9.59 Å². The third kappa shape index (κ3) is 5.56. The van der Waals surface area contributed by atoms with Crippen molar-refractivity contribution in [2.45, 2.75) is 26.2 Å². The smallest absolute Gasteiger partial charge is 0.321 e. The molecular formula is C13H24N4O3. The van der Waals surface area contributed by atoms with Gasteiger partial charge in [-0.25, -0.2) is 4.79 Å². The van der Waals surface area contributed by atoms with E-state index < -0.39 is 6.03 Å². The molecule has 0 unspecified atom stereocenters. The highest BCUT2D eigenvalue weighted by Gasteiger charge is 2.25. The van der Waals surface area contributed by atoms with Crippen LogP contribution in [0.2, 0.25) is 0 Å². The monoisotopic (exact) mass is 284 g/mol. The molecule has 0 radical (unpaired) electrons. The Kier molecular flexibility index (Phi) is 7.00. The normalized spacial score (nSPS) is 16.5. The second-order valence-electron chi connectivity index (χ2n) is 4.97. The minimum Gasteiger partial charge on any atom is -0.356 e. The van der Waals surface area contributed by atoms with E-state index in [-0.39, 0.29) is 24.3 Å². The fraction of sp³-hybridized carbons (Fsp3) is 0.769. The summed E-state index contributed by atoms with van der Waals surface area (Å²) in [6.45, 7) is 4.33. The fourth-order valence-electron chi connectivity index (χ4n) is 2.18. The van der Waals surface area contributed by atoms with Crippen LogP contribution in [0.4, 0.5) is 4.79 Å². The predicted octanol–water partition coefficient (Wildman–Crippen LogP) is -0.320. The molecule has 0 bridgehead atoms. The van der Waals surface area contributed by atoms with E-state index in [1.54, 1.807) is 0 Å². The maximum Gasteiger partial charge on any atom is 0.321 e. The zero-order valence-corrected chi connectivity index (χ0v) is 12.2. The number of hydrogen-bond acceptors (Lipinski definition) is 4. The van der Waals surface area contributed by atoms with Crippen molar-refractivity contribution in [3.63, 3.8) is 0 Å². The van der Waals surface area contributed by atoms with Crippen LogP contribution in [0.15, 0.2) is 0 Å². The largest absolute Gasteiger partial charge is 0.356 e. The molecule has 0 atom stereocenters. The lowest BCUT2D eigenvalue weighted by Crippen LogP contribution is -2.47. The van der Waals surface area contributed by atoms with Gasteiger partial charge in [0.2, 0.25) is 11.8 Å². The molecule has 7 heteroatoms. The van der Waals surface area contributed by atoms with Crippen molar-refractivity contribution in [1.82, 2.24) is 20.9 Å². The number of imide groups is 1. The van der Waals surface area contributed by atoms with Gasteiger partial charge in [0, 0.05) is 19.5 Å². The first-order valence-electron chi connectivity index (χ1n) is 7.08. The number of amides is 4. The minimum atomic E-state index is -0.496. The Morgan fingerprint density at radius 2 is 1.85 bits per heavy atom. The van der Waals surface area contributed by atoms with Crippen LogP contribution in [-0.4, -0.2) is 56.0 Å². The van der Waals surface area contributed by atoms with Gasteiger partial charge in [0.15, 0.2) is 0 Å². The van der Waals surface area contributed by atoms with E-state index in [4.69, 9.17) is 0 Å². The van der Waals surface area contributed by atoms with E-state index in [1.807, 2.05) is 11.8 Å². The summed E-state index contributed by atoms with van der Waals surface area (Å²) in [6.07, 6.45) is 2.44. The van der Waals surface area contributed by atoms with Gasteiger partial charge in [-0.1, -0.05) is 6.92 Å². The van der Waals surface area contributed by atoms with Gasteiger partial charge in [-0.15, -0.1) is 0 Å². The Balaban J connectivity index is 2.26. The standard InChI is InChI=1S/C13H24N4O3/c1-3-6-15-12(19)10-4-7-17(8-5-10)9-11(18)16-13(20)14-2/h10H,3-9H2,1-2H3,(H,15,19)(H2,14,16,18,20). The Hall–Kier alpha value is -1.63. The number of piperidine rings is 1. The molecule has 1 saturated heterocycles. The van der Waals surface area contributed by atoms with E-state index in [0.29, 0.717) is 19.6 Å². The van der Waals surface area contributed by atoms with Crippen LogP contribution in [0.5, 0.6) is 0 Å². The second kappa shape index (κ2) is 8.52. The van der Waals surface area contributed by atoms with Gasteiger partial charge >= 0.3 is 6.03 Å². The molecule has 114 valence electrons. The molecule has 1 rings (SSSR count). The fourth-order valence-corrected chi connectivity index (χ4v) is 2.18. The molecule has 1 aliphatic rings. The van der Waals surface area contributed by atoms with Crippen molar-refractivity contribution in [2.24, 2.45) is 5.92 Å². The molecule has 1 aliphatic heterocycles. The van der Waals surface area contributed by atoms with Crippen LogP contribution in [0.1, 0.15) is 26.2 Å². The van der Waals surface area contributed by atoms with Crippen molar-refractivity contribution < 1.29 is 14.4 Å². The molecule has 0 aromatic rings. The molecular weight excluding hydrogens is 260 g/mol. The zero-order chi connectivity index (χ0) is 15.0. The molecule has 0 saturated carbocycles. The van der Waals surface area contributed by atoms with Crippen LogP contribution < -0.4 is 16.0 Å². The van der Waals surface area contributed by atoms with E-state index in [1.165, 1.54) is 7.05 Å². The molecule has 0 aromatic heterocycles. The van der Waals surface area contributed by atoms with Crippen LogP contribution >= 0.6 is 0 Å². The van der Waals surface area contributed by atoms with Crippen LogP contribution in [0.3, 0.4) is 0 Å². The maximum absolute atomic E-state index is 11.8. The SMILES string of the molecule is CCCNC(=O)C1CCN(CC(=O)NC(=O)NC)CC1. The lowest BCUT2D eigenvalue weighted by atomic mass is 9.96. The Morgan fingerprint density at radius 1 is 1.20 bits per heavy atom. The van der Waals surface area contributed by atoms with Gasteiger partial charge in [0.05, 0.1) is 6.54 Å². The molecule has 20 heavy (non-hydrogen) atoms. The molecule has 7 nitrogen and oxygen atoms in total. The molecule has 0 aromatic carbocycles. The topological polar surface area (TPSA) is 90.5 Å². The van der Waals surface area contributed by atoms with Crippen molar-refractivity contribution in [3.05, 3.63) is 0 Å². The van der Waals surface area contributed by atoms with Crippen molar-refractivity contribution >= 4 is 17.8 Å². The number of carbonyl (C=O) groups excluding carboxylic acids is 3. The highest BCUT2D eigenvalue weighted by atomic mass is 16.2. The van der Waals surface area contributed by atoms with Gasteiger partial charge in [-0.05, 0) is 32.4 Å². The number of likely N-dealkylation sites (tertiary alicyclic amines) is 1. The summed E-state index contributed by atoms with van der Waals surface area (Å²) in [5, 5.41) is 7.46. The molecule has 1 heterocycles. The van der Waals surface area contributed by atoms with Gasteiger partial charge in [0.1, 0.15) is 0 Å². The van der Waals surface area contributed by atoms with Crippen molar-refractivity contribution in [3.8, 4) is 0 Å². The number of carbonyl (C=O) groups is 3. The van der Waals surface area contributed by atoms with Crippen molar-refractivity contribution in [2.75, 3.05) is 33.2 Å². The van der Waals surface area contributed by atoms with Crippen molar-refractivity contribution in [1.29, 1.82) is 0 Å². The third-order valence-electron chi connectivity index (χ3n) is 3.35. The quantitative estimate of drug-likeness (QED) is 0.645. The van der Waals surface area contributed by atoms with Gasteiger partial charge in [0.25, 0.3) is 0 Å². The number of rotatable bonds is 5. The Labute approximate surface area is 119 Å². The third-order valence-corrected chi connectivity index (χ3v) is 3.35. The molecule has 0 aliphatic carbocycles. The summed E-state index contributed by atoms with van der Waals surface area (Å²) in [5.74, 6) is -0.167. The number of urea groups is 1. The molecule has 3 N–H and O–H groups in total. The summed E-state index contributed by atoms with van der Waals surface area (Å²) in [4.78, 5) is 36.3. The minimum absolute atomic E-state index is 0.0415. The number of nitrogens with zero attached hydrogens (tertiary/aromatic N) is 1. The highest BCUT2D eigenvalue weighted by Crippen LogP contribution is 2.16. The summed E-state index contributed by atoms with van der Waals surface area (Å²) in [6, 6.07) is -0.496. The first-order valence-corrected chi connectivity index (χ1v) is 7.08. The lowest BCUT2D eigenvalue weighted by Gasteiger charge is -2.30. The predicted molar refractivity (Wildman–Crippen MR) is 75.1 cm³/mol. The van der Waals surface area contributed by atoms with Gasteiger partial charge in [-0.2, -0.15) is 0 Å². The summed E-state index contributed by atoms with van der Waals surface area (Å²) in [5.41, 5.74) is 0.